The lowest BCUT2D eigenvalue weighted by Gasteiger charge is -2.45. The Hall–Kier alpha value is -0.460. The minimum absolute atomic E-state index is 0.116. The smallest absolute Gasteiger partial charge is 0.163 e. The number of aliphatic hydroxyl groups is 1. The molecule has 0 saturated carbocycles. The van der Waals surface area contributed by atoms with Crippen molar-refractivity contribution in [2.75, 3.05) is 27.2 Å². The topological polar surface area (TPSA) is 41.9 Å². The predicted molar refractivity (Wildman–Crippen MR) is 74.2 cm³/mol. The summed E-state index contributed by atoms with van der Waals surface area (Å²) in [6.45, 7) is 2.20. The molecule has 4 nitrogen and oxygen atoms in total. The molecule has 1 aromatic heterocycles. The highest BCUT2D eigenvalue weighted by Crippen LogP contribution is 2.46. The Morgan fingerprint density at radius 1 is 1.53 bits per heavy atom. The van der Waals surface area contributed by atoms with Gasteiger partial charge in [0.2, 0.25) is 0 Å². The third kappa shape index (κ3) is 2.34. The summed E-state index contributed by atoms with van der Waals surface area (Å²) >= 11 is 1.70. The summed E-state index contributed by atoms with van der Waals surface area (Å²) in [5.74, 6) is 0. The van der Waals surface area contributed by atoms with Gasteiger partial charge >= 0.3 is 0 Å². The van der Waals surface area contributed by atoms with Crippen LogP contribution in [-0.2, 0) is 28.1 Å². The second kappa shape index (κ2) is 5.14. The van der Waals surface area contributed by atoms with Crippen LogP contribution in [-0.4, -0.2) is 43.5 Å². The summed E-state index contributed by atoms with van der Waals surface area (Å²) in [6, 6.07) is 2.14. The predicted octanol–water partition coefficient (Wildman–Crippen LogP) is 1.71. The number of aliphatic hydroxyl groups excluding tert-OH is 1. The van der Waals surface area contributed by atoms with Gasteiger partial charge in [0, 0.05) is 36.4 Å². The molecule has 0 radical (unpaired) electrons. The second-order valence-corrected chi connectivity index (χ2v) is 6.71. The summed E-state index contributed by atoms with van der Waals surface area (Å²) in [6.07, 6.45) is 2.64. The lowest BCUT2D eigenvalue weighted by atomic mass is 9.82. The molecule has 19 heavy (non-hydrogen) atoms. The maximum absolute atomic E-state index is 9.37. The van der Waals surface area contributed by atoms with E-state index in [4.69, 9.17) is 9.47 Å². The first kappa shape index (κ1) is 13.5. The second-order valence-electron chi connectivity index (χ2n) is 5.49. The summed E-state index contributed by atoms with van der Waals surface area (Å²) in [4.78, 5) is 4.69. The van der Waals surface area contributed by atoms with E-state index in [-0.39, 0.29) is 18.5 Å². The van der Waals surface area contributed by atoms with Crippen LogP contribution in [0.3, 0.4) is 0 Å². The Morgan fingerprint density at radius 2 is 2.26 bits per heavy atom. The first-order chi connectivity index (χ1) is 9.16. The Morgan fingerprint density at radius 3 is 2.89 bits per heavy atom. The van der Waals surface area contributed by atoms with Gasteiger partial charge in [0.15, 0.2) is 6.29 Å². The third-order valence-corrected chi connectivity index (χ3v) is 5.42. The maximum Gasteiger partial charge on any atom is 0.163 e. The monoisotopic (exact) mass is 283 g/mol. The normalized spacial score (nSPS) is 26.6. The average molecular weight is 283 g/mol. The zero-order chi connectivity index (χ0) is 13.5. The van der Waals surface area contributed by atoms with Gasteiger partial charge in [-0.05, 0) is 31.5 Å². The Balaban J connectivity index is 1.97. The quantitative estimate of drug-likeness (QED) is 0.897. The number of piperidine rings is 1. The SMILES string of the molecule is COC1Cc2sc(CO)cc2C2(CCN(C)CC2)O1. The number of nitrogens with zero attached hydrogens (tertiary/aromatic N) is 1. The van der Waals surface area contributed by atoms with E-state index in [0.717, 1.165) is 37.2 Å². The van der Waals surface area contributed by atoms with Crippen molar-refractivity contribution in [3.63, 3.8) is 0 Å². The van der Waals surface area contributed by atoms with Gasteiger partial charge in [0.25, 0.3) is 0 Å². The van der Waals surface area contributed by atoms with Crippen molar-refractivity contribution in [3.8, 4) is 0 Å². The molecule has 1 N–H and O–H groups in total. The van der Waals surface area contributed by atoms with Gasteiger partial charge in [-0.2, -0.15) is 0 Å². The number of ether oxygens (including phenoxy) is 2. The zero-order valence-electron chi connectivity index (χ0n) is 11.5. The van der Waals surface area contributed by atoms with Crippen LogP contribution < -0.4 is 0 Å². The minimum Gasteiger partial charge on any atom is -0.391 e. The summed E-state index contributed by atoms with van der Waals surface area (Å²) < 4.78 is 11.7. The molecule has 3 rings (SSSR count). The highest BCUT2D eigenvalue weighted by molar-refractivity contribution is 7.12. The van der Waals surface area contributed by atoms with Gasteiger partial charge in [-0.25, -0.2) is 0 Å². The molecule has 1 saturated heterocycles. The molecule has 1 atom stereocenters. The number of fused-ring (bicyclic) bond motifs is 2. The molecule has 106 valence electrons. The molecule has 1 aromatic rings. The van der Waals surface area contributed by atoms with E-state index in [0.29, 0.717) is 0 Å². The van der Waals surface area contributed by atoms with Crippen LogP contribution in [0.4, 0.5) is 0 Å². The molecular formula is C14H21NO3S. The van der Waals surface area contributed by atoms with Crippen LogP contribution in [0.15, 0.2) is 6.07 Å². The van der Waals surface area contributed by atoms with Crippen molar-refractivity contribution in [2.45, 2.75) is 37.8 Å². The Kier molecular flexibility index (Phi) is 3.66. The van der Waals surface area contributed by atoms with Crippen molar-refractivity contribution in [1.82, 2.24) is 4.90 Å². The molecule has 2 aliphatic heterocycles. The van der Waals surface area contributed by atoms with E-state index in [2.05, 4.69) is 18.0 Å². The lowest BCUT2D eigenvalue weighted by Crippen LogP contribution is -2.47. The number of hydrogen-bond donors (Lipinski definition) is 1. The van der Waals surface area contributed by atoms with Gasteiger partial charge in [-0.1, -0.05) is 0 Å². The fourth-order valence-electron chi connectivity index (χ4n) is 3.11. The molecule has 1 fully saturated rings. The summed E-state index contributed by atoms with van der Waals surface area (Å²) in [7, 11) is 3.86. The van der Waals surface area contributed by atoms with E-state index in [1.165, 1.54) is 10.4 Å². The first-order valence-corrected chi connectivity index (χ1v) is 7.60. The van der Waals surface area contributed by atoms with Crippen molar-refractivity contribution in [2.24, 2.45) is 0 Å². The van der Waals surface area contributed by atoms with E-state index in [9.17, 15) is 5.11 Å². The van der Waals surface area contributed by atoms with Crippen LogP contribution in [0.1, 0.15) is 28.2 Å². The highest BCUT2D eigenvalue weighted by Gasteiger charge is 2.44. The van der Waals surface area contributed by atoms with Crippen molar-refractivity contribution < 1.29 is 14.6 Å². The fourth-order valence-corrected chi connectivity index (χ4v) is 4.24. The average Bonchev–Trinajstić information content (AvgIpc) is 2.86. The van der Waals surface area contributed by atoms with Gasteiger partial charge in [-0.15, -0.1) is 11.3 Å². The Bertz CT molecular complexity index is 452. The van der Waals surface area contributed by atoms with Crippen molar-refractivity contribution >= 4 is 11.3 Å². The van der Waals surface area contributed by atoms with Crippen LogP contribution in [0.25, 0.3) is 0 Å². The number of hydrogen-bond acceptors (Lipinski definition) is 5. The standard InChI is InChI=1S/C14H21NO3S/c1-15-5-3-14(4-6-15)11-7-10(9-16)19-12(11)8-13(17-2)18-14/h7,13,16H,3-6,8-9H2,1-2H3. The van der Waals surface area contributed by atoms with Gasteiger partial charge in [-0.3, -0.25) is 0 Å². The van der Waals surface area contributed by atoms with Gasteiger partial charge in [0.05, 0.1) is 12.2 Å². The molecule has 1 unspecified atom stereocenters. The zero-order valence-corrected chi connectivity index (χ0v) is 12.3. The lowest BCUT2D eigenvalue weighted by molar-refractivity contribution is -0.225. The number of likely N-dealkylation sites (tertiary alicyclic amines) is 1. The third-order valence-electron chi connectivity index (χ3n) is 4.27. The molecule has 0 aliphatic carbocycles. The van der Waals surface area contributed by atoms with E-state index < -0.39 is 0 Å². The van der Waals surface area contributed by atoms with Crippen LogP contribution in [0.2, 0.25) is 0 Å². The van der Waals surface area contributed by atoms with Gasteiger partial charge in [0.1, 0.15) is 0 Å². The van der Waals surface area contributed by atoms with E-state index >= 15 is 0 Å². The maximum atomic E-state index is 9.37. The molecule has 1 spiro atoms. The molecule has 2 aliphatic rings. The fraction of sp³-hybridized carbons (Fsp3) is 0.714. The molecule has 0 amide bonds. The number of thiophene rings is 1. The number of rotatable bonds is 2. The van der Waals surface area contributed by atoms with Crippen LogP contribution in [0, 0.1) is 0 Å². The molecule has 3 heterocycles. The van der Waals surface area contributed by atoms with E-state index in [1.54, 1.807) is 18.4 Å². The molecule has 0 bridgehead atoms. The van der Waals surface area contributed by atoms with Crippen LogP contribution in [0.5, 0.6) is 0 Å². The Labute approximate surface area is 117 Å². The summed E-state index contributed by atoms with van der Waals surface area (Å²) in [5.41, 5.74) is 1.09. The van der Waals surface area contributed by atoms with Crippen molar-refractivity contribution in [3.05, 3.63) is 21.4 Å². The van der Waals surface area contributed by atoms with E-state index in [1.807, 2.05) is 0 Å². The molecule has 0 aromatic carbocycles. The van der Waals surface area contributed by atoms with Gasteiger partial charge < -0.3 is 19.5 Å². The summed E-state index contributed by atoms with van der Waals surface area (Å²) in [5, 5.41) is 9.37. The van der Waals surface area contributed by atoms with Crippen LogP contribution >= 0.6 is 11.3 Å². The highest BCUT2D eigenvalue weighted by atomic mass is 32.1. The molecular weight excluding hydrogens is 262 g/mol. The minimum atomic E-state index is -0.204. The first-order valence-electron chi connectivity index (χ1n) is 6.79. The van der Waals surface area contributed by atoms with Crippen molar-refractivity contribution in [1.29, 1.82) is 0 Å². The largest absolute Gasteiger partial charge is 0.391 e. The number of methoxy groups -OCH3 is 1. The molecule has 5 heteroatoms.